The smallest absolute Gasteiger partial charge is 0.0353 e. The molecule has 0 bridgehead atoms. The SMILES string of the molecule is CC(C)(C)c1ccc2c(-c3cccc4ccccc34)c3cnccc3c(-c3ccc4c(c3)C(C)(C)c3ccccc3-4)c2c1. The van der Waals surface area contributed by atoms with Crippen LogP contribution >= 0.6 is 0 Å². The van der Waals surface area contributed by atoms with E-state index in [1.165, 1.54) is 82.4 Å². The molecule has 0 unspecified atom stereocenters. The summed E-state index contributed by atoms with van der Waals surface area (Å²) in [5.74, 6) is 0. The van der Waals surface area contributed by atoms with E-state index in [-0.39, 0.29) is 10.8 Å². The Morgan fingerprint density at radius 3 is 2.12 bits per heavy atom. The zero-order chi connectivity index (χ0) is 29.5. The molecule has 0 spiro atoms. The first kappa shape index (κ1) is 25.9. The van der Waals surface area contributed by atoms with E-state index in [4.69, 9.17) is 0 Å². The summed E-state index contributed by atoms with van der Waals surface area (Å²) in [5.41, 5.74) is 11.9. The molecule has 208 valence electrons. The third-order valence-electron chi connectivity index (χ3n) is 9.72. The van der Waals surface area contributed by atoms with Crippen molar-refractivity contribution >= 4 is 32.3 Å². The van der Waals surface area contributed by atoms with Crippen LogP contribution in [0.25, 0.3) is 65.7 Å². The van der Waals surface area contributed by atoms with Gasteiger partial charge in [-0.3, -0.25) is 4.98 Å². The molecule has 1 aliphatic rings. The van der Waals surface area contributed by atoms with E-state index < -0.39 is 0 Å². The van der Waals surface area contributed by atoms with Gasteiger partial charge in [0.2, 0.25) is 0 Å². The van der Waals surface area contributed by atoms with Gasteiger partial charge in [-0.2, -0.15) is 0 Å². The lowest BCUT2D eigenvalue weighted by Crippen LogP contribution is -2.14. The number of hydrogen-bond donors (Lipinski definition) is 0. The maximum absolute atomic E-state index is 4.69. The molecule has 7 aromatic rings. The number of fused-ring (bicyclic) bond motifs is 6. The van der Waals surface area contributed by atoms with Gasteiger partial charge in [0.15, 0.2) is 0 Å². The van der Waals surface area contributed by atoms with Crippen LogP contribution in [0.3, 0.4) is 0 Å². The van der Waals surface area contributed by atoms with Crippen molar-refractivity contribution in [1.29, 1.82) is 0 Å². The van der Waals surface area contributed by atoms with E-state index in [2.05, 4.69) is 155 Å². The van der Waals surface area contributed by atoms with E-state index in [1.54, 1.807) is 0 Å². The van der Waals surface area contributed by atoms with Crippen LogP contribution in [-0.2, 0) is 10.8 Å². The number of pyridine rings is 1. The topological polar surface area (TPSA) is 12.9 Å². The highest BCUT2D eigenvalue weighted by Crippen LogP contribution is 2.51. The van der Waals surface area contributed by atoms with Crippen LogP contribution in [0.2, 0.25) is 0 Å². The monoisotopic (exact) mass is 553 g/mol. The predicted octanol–water partition coefficient (Wildman–Crippen LogP) is 11.5. The van der Waals surface area contributed by atoms with E-state index >= 15 is 0 Å². The Bertz CT molecular complexity index is 2240. The van der Waals surface area contributed by atoms with Gasteiger partial charge in [0.05, 0.1) is 0 Å². The van der Waals surface area contributed by atoms with Crippen LogP contribution in [0.5, 0.6) is 0 Å². The van der Waals surface area contributed by atoms with Crippen molar-refractivity contribution in [1.82, 2.24) is 4.98 Å². The second-order valence-electron chi connectivity index (χ2n) is 13.6. The maximum Gasteiger partial charge on any atom is 0.0353 e. The van der Waals surface area contributed by atoms with Gasteiger partial charge in [-0.15, -0.1) is 0 Å². The molecule has 1 nitrogen and oxygen atoms in total. The van der Waals surface area contributed by atoms with Crippen molar-refractivity contribution in [2.45, 2.75) is 45.4 Å². The Morgan fingerprint density at radius 2 is 1.26 bits per heavy atom. The van der Waals surface area contributed by atoms with Gasteiger partial charge in [-0.25, -0.2) is 0 Å². The molecular weight excluding hydrogens is 518 g/mol. The highest BCUT2D eigenvalue weighted by molar-refractivity contribution is 6.23. The Morgan fingerprint density at radius 1 is 0.535 bits per heavy atom. The highest BCUT2D eigenvalue weighted by Gasteiger charge is 2.35. The van der Waals surface area contributed by atoms with Crippen LogP contribution in [0, 0.1) is 0 Å². The van der Waals surface area contributed by atoms with Gasteiger partial charge in [0.25, 0.3) is 0 Å². The van der Waals surface area contributed by atoms with Crippen molar-refractivity contribution in [2.24, 2.45) is 0 Å². The summed E-state index contributed by atoms with van der Waals surface area (Å²) in [7, 11) is 0. The van der Waals surface area contributed by atoms with Gasteiger partial charge < -0.3 is 0 Å². The molecule has 1 heterocycles. The molecule has 0 saturated carbocycles. The first-order valence-electron chi connectivity index (χ1n) is 15.3. The van der Waals surface area contributed by atoms with E-state index in [0.717, 1.165) is 0 Å². The van der Waals surface area contributed by atoms with Gasteiger partial charge >= 0.3 is 0 Å². The number of aromatic nitrogens is 1. The first-order chi connectivity index (χ1) is 20.7. The Balaban J connectivity index is 1.51. The average molecular weight is 554 g/mol. The molecule has 8 rings (SSSR count). The minimum absolute atomic E-state index is 0.0276. The van der Waals surface area contributed by atoms with Crippen LogP contribution in [0.4, 0.5) is 0 Å². The molecule has 0 atom stereocenters. The molecule has 43 heavy (non-hydrogen) atoms. The molecule has 0 fully saturated rings. The zero-order valence-electron chi connectivity index (χ0n) is 25.5. The van der Waals surface area contributed by atoms with Crippen molar-refractivity contribution in [3.05, 3.63) is 138 Å². The molecule has 0 radical (unpaired) electrons. The van der Waals surface area contributed by atoms with Crippen LogP contribution in [-0.4, -0.2) is 4.98 Å². The lowest BCUT2D eigenvalue weighted by atomic mass is 9.79. The normalized spacial score (nSPS) is 13.9. The average Bonchev–Trinajstić information content (AvgIpc) is 3.25. The third kappa shape index (κ3) is 3.81. The van der Waals surface area contributed by atoms with Gasteiger partial charge in [0, 0.05) is 23.2 Å². The fourth-order valence-corrected chi connectivity index (χ4v) is 7.44. The van der Waals surface area contributed by atoms with E-state index in [0.29, 0.717) is 0 Å². The summed E-state index contributed by atoms with van der Waals surface area (Å²) < 4.78 is 0. The zero-order valence-corrected chi connectivity index (χ0v) is 25.5. The van der Waals surface area contributed by atoms with Crippen molar-refractivity contribution in [3.8, 4) is 33.4 Å². The number of rotatable bonds is 2. The molecule has 0 saturated heterocycles. The molecule has 0 amide bonds. The second kappa shape index (κ2) is 9.12. The fraction of sp³-hybridized carbons (Fsp3) is 0.167. The largest absolute Gasteiger partial charge is 0.264 e. The summed E-state index contributed by atoms with van der Waals surface area (Å²) in [6.45, 7) is 11.6. The predicted molar refractivity (Wildman–Crippen MR) is 184 cm³/mol. The standard InChI is InChI=1S/C42H35N/c1-41(2,3)28-18-20-33-35(24-28)39(27-17-19-31-30-14-8-9-16-37(30)42(4,5)38(31)23-27)34-21-22-43-25-36(34)40(33)32-15-10-12-26-11-6-7-13-29(26)32/h6-25H,1-5H3. The van der Waals surface area contributed by atoms with Crippen LogP contribution in [0.1, 0.15) is 51.3 Å². The molecule has 1 heteroatoms. The van der Waals surface area contributed by atoms with Crippen molar-refractivity contribution in [2.75, 3.05) is 0 Å². The van der Waals surface area contributed by atoms with Crippen molar-refractivity contribution in [3.63, 3.8) is 0 Å². The summed E-state index contributed by atoms with van der Waals surface area (Å²) >= 11 is 0. The molecule has 1 aliphatic carbocycles. The molecule has 0 N–H and O–H groups in total. The van der Waals surface area contributed by atoms with Gasteiger partial charge in [0.1, 0.15) is 0 Å². The summed E-state index contributed by atoms with van der Waals surface area (Å²) in [4.78, 5) is 4.69. The summed E-state index contributed by atoms with van der Waals surface area (Å²) in [5, 5.41) is 7.50. The number of hydrogen-bond acceptors (Lipinski definition) is 1. The lowest BCUT2D eigenvalue weighted by molar-refractivity contribution is 0.591. The summed E-state index contributed by atoms with van der Waals surface area (Å²) in [6, 6.07) is 40.8. The third-order valence-corrected chi connectivity index (χ3v) is 9.72. The van der Waals surface area contributed by atoms with Crippen LogP contribution in [0.15, 0.2) is 122 Å². The maximum atomic E-state index is 4.69. The molecule has 6 aromatic carbocycles. The Kier molecular flexibility index (Phi) is 5.50. The Hall–Kier alpha value is -4.75. The lowest BCUT2D eigenvalue weighted by Gasteiger charge is -2.24. The van der Waals surface area contributed by atoms with Crippen molar-refractivity contribution < 1.29 is 0 Å². The highest BCUT2D eigenvalue weighted by atomic mass is 14.6. The first-order valence-corrected chi connectivity index (χ1v) is 15.3. The second-order valence-corrected chi connectivity index (χ2v) is 13.6. The van der Waals surface area contributed by atoms with E-state index in [1.807, 2.05) is 6.20 Å². The van der Waals surface area contributed by atoms with Gasteiger partial charge in [-0.05, 0) is 101 Å². The number of benzene rings is 6. The fourth-order valence-electron chi connectivity index (χ4n) is 7.44. The van der Waals surface area contributed by atoms with Gasteiger partial charge in [-0.1, -0.05) is 126 Å². The minimum Gasteiger partial charge on any atom is -0.264 e. The molecule has 0 aliphatic heterocycles. The Labute approximate surface area is 253 Å². The molecule has 1 aromatic heterocycles. The summed E-state index contributed by atoms with van der Waals surface area (Å²) in [6.07, 6.45) is 4.02. The van der Waals surface area contributed by atoms with E-state index in [9.17, 15) is 0 Å². The minimum atomic E-state index is -0.0609. The molecular formula is C42H35N. The van der Waals surface area contributed by atoms with Crippen LogP contribution < -0.4 is 0 Å². The number of nitrogens with zero attached hydrogens (tertiary/aromatic N) is 1. The quantitative estimate of drug-likeness (QED) is 0.194.